The van der Waals surface area contributed by atoms with Crippen molar-refractivity contribution in [2.45, 2.75) is 17.9 Å². The Morgan fingerprint density at radius 3 is 2.10 bits per heavy atom. The van der Waals surface area contributed by atoms with E-state index < -0.39 is 27.3 Å². The number of carbonyl (C=O) groups is 2. The minimum atomic E-state index is -3.51. The van der Waals surface area contributed by atoms with Gasteiger partial charge in [-0.15, -0.1) is 0 Å². The first kappa shape index (κ1) is 19.8. The maximum Gasteiger partial charge on any atom is 0.356 e. The van der Waals surface area contributed by atoms with Gasteiger partial charge in [-0.1, -0.05) is 76.6 Å². The van der Waals surface area contributed by atoms with Crippen LogP contribution in [-0.4, -0.2) is 41.7 Å². The third-order valence-corrected chi connectivity index (χ3v) is 7.69. The molecule has 1 fully saturated rings. The van der Waals surface area contributed by atoms with Crippen LogP contribution in [0.4, 0.5) is 0 Å². The molecular formula is C21H18BrNO5S. The molecule has 150 valence electrons. The summed E-state index contributed by atoms with van der Waals surface area (Å²) in [4.78, 5) is 26.4. The van der Waals surface area contributed by atoms with Gasteiger partial charge in [0, 0.05) is 5.33 Å². The highest BCUT2D eigenvalue weighted by Gasteiger charge is 2.53. The van der Waals surface area contributed by atoms with Crippen molar-refractivity contribution in [1.29, 1.82) is 0 Å². The lowest BCUT2D eigenvalue weighted by atomic mass is 10.0. The molecule has 29 heavy (non-hydrogen) atoms. The Balaban J connectivity index is 1.72. The van der Waals surface area contributed by atoms with Gasteiger partial charge in [0.25, 0.3) is 0 Å². The molecule has 0 radical (unpaired) electrons. The number of hydrogen-bond acceptors (Lipinski definition) is 5. The summed E-state index contributed by atoms with van der Waals surface area (Å²) in [6.45, 7) is 0. The van der Waals surface area contributed by atoms with Gasteiger partial charge in [0.05, 0.1) is 12.2 Å². The van der Waals surface area contributed by atoms with Crippen LogP contribution in [0.25, 0.3) is 0 Å². The van der Waals surface area contributed by atoms with Crippen LogP contribution in [0.2, 0.25) is 0 Å². The van der Waals surface area contributed by atoms with Crippen molar-refractivity contribution in [2.75, 3.05) is 11.1 Å². The van der Waals surface area contributed by atoms with Crippen molar-refractivity contribution >= 4 is 37.6 Å². The molecule has 4 rings (SSSR count). The van der Waals surface area contributed by atoms with Crippen molar-refractivity contribution < 1.29 is 22.7 Å². The minimum absolute atomic E-state index is 0.0369. The van der Waals surface area contributed by atoms with Crippen molar-refractivity contribution in [1.82, 2.24) is 4.90 Å². The van der Waals surface area contributed by atoms with Crippen LogP contribution in [0, 0.1) is 0 Å². The molecule has 0 aliphatic carbocycles. The Hall–Kier alpha value is -2.45. The molecule has 2 aromatic rings. The van der Waals surface area contributed by atoms with Gasteiger partial charge in [-0.3, -0.25) is 9.69 Å². The van der Waals surface area contributed by atoms with E-state index >= 15 is 0 Å². The molecule has 2 aliphatic rings. The number of rotatable bonds is 5. The Kier molecular flexibility index (Phi) is 5.31. The van der Waals surface area contributed by atoms with E-state index in [-0.39, 0.29) is 29.1 Å². The summed E-state index contributed by atoms with van der Waals surface area (Å²) < 4.78 is 30.6. The van der Waals surface area contributed by atoms with Gasteiger partial charge >= 0.3 is 5.97 Å². The van der Waals surface area contributed by atoms with E-state index in [4.69, 9.17) is 4.74 Å². The summed E-state index contributed by atoms with van der Waals surface area (Å²) in [5.74, 6) is -1.36. The molecule has 6 nitrogen and oxygen atoms in total. The second-order valence-corrected chi connectivity index (χ2v) is 9.64. The fraction of sp³-hybridized carbons (Fsp3) is 0.238. The van der Waals surface area contributed by atoms with Gasteiger partial charge < -0.3 is 4.74 Å². The number of sulfone groups is 1. The highest BCUT2D eigenvalue weighted by molar-refractivity contribution is 9.09. The Morgan fingerprint density at radius 2 is 1.62 bits per heavy atom. The number of halogens is 1. The quantitative estimate of drug-likeness (QED) is 0.377. The molecular weight excluding hydrogens is 458 g/mol. The summed E-state index contributed by atoms with van der Waals surface area (Å²) in [5.41, 5.74) is 1.93. The predicted octanol–water partition coefficient (Wildman–Crippen LogP) is 2.96. The second-order valence-electron chi connectivity index (χ2n) is 6.92. The second kappa shape index (κ2) is 7.76. The van der Waals surface area contributed by atoms with Gasteiger partial charge in [0.1, 0.15) is 11.1 Å². The fourth-order valence-corrected chi connectivity index (χ4v) is 6.20. The molecule has 2 aromatic carbocycles. The van der Waals surface area contributed by atoms with E-state index in [0.29, 0.717) is 5.57 Å². The molecule has 1 saturated heterocycles. The summed E-state index contributed by atoms with van der Waals surface area (Å²) in [5, 5.41) is -0.818. The maximum atomic E-state index is 13.2. The summed E-state index contributed by atoms with van der Waals surface area (Å²) in [7, 11) is -3.51. The number of carbonyl (C=O) groups excluding carboxylic acids is 2. The topological polar surface area (TPSA) is 80.8 Å². The normalized spacial score (nSPS) is 20.3. The fourth-order valence-electron chi connectivity index (χ4n) is 3.61. The van der Waals surface area contributed by atoms with E-state index in [2.05, 4.69) is 15.9 Å². The van der Waals surface area contributed by atoms with Crippen molar-refractivity contribution in [3.63, 3.8) is 0 Å². The average molecular weight is 476 g/mol. The number of ether oxygens (including phenoxy) is 1. The number of esters is 1. The van der Waals surface area contributed by atoms with E-state index in [9.17, 15) is 18.0 Å². The molecule has 0 aromatic heterocycles. The molecule has 0 N–H and O–H groups in total. The first-order valence-electron chi connectivity index (χ1n) is 9.05. The van der Waals surface area contributed by atoms with Crippen LogP contribution in [0.15, 0.2) is 71.9 Å². The zero-order chi connectivity index (χ0) is 20.6. The van der Waals surface area contributed by atoms with Crippen LogP contribution >= 0.6 is 15.9 Å². The minimum Gasteiger partial charge on any atom is -0.448 e. The summed E-state index contributed by atoms with van der Waals surface area (Å²) in [6.07, 6.45) is -0.780. The third-order valence-electron chi connectivity index (χ3n) is 5.06. The first-order valence-corrected chi connectivity index (χ1v) is 11.9. The van der Waals surface area contributed by atoms with E-state index in [0.717, 1.165) is 16.0 Å². The number of fused-ring (bicyclic) bond motifs is 1. The molecule has 0 spiro atoms. The van der Waals surface area contributed by atoms with Crippen LogP contribution in [0.3, 0.4) is 0 Å². The standard InChI is InChI=1S/C21H18BrNO5S/c22-12-16-13-29(26,27)18-11-17(24)23(18)19(16)21(25)28-20(14-7-3-1-4-8-14)15-9-5-2-6-10-15/h1-10,18,20H,11-13H2/t18-/m0/s1. The largest absolute Gasteiger partial charge is 0.448 e. The van der Waals surface area contributed by atoms with Crippen molar-refractivity contribution in [3.8, 4) is 0 Å². The Bertz CT molecular complexity index is 1040. The number of benzene rings is 2. The monoisotopic (exact) mass is 475 g/mol. The summed E-state index contributed by atoms with van der Waals surface area (Å²) >= 11 is 3.25. The van der Waals surface area contributed by atoms with Crippen LogP contribution in [0.1, 0.15) is 23.7 Å². The zero-order valence-electron chi connectivity index (χ0n) is 15.3. The highest BCUT2D eigenvalue weighted by Crippen LogP contribution is 2.38. The Morgan fingerprint density at radius 1 is 1.07 bits per heavy atom. The SMILES string of the molecule is O=C(OC(c1ccccc1)c1ccccc1)C1=C(CBr)CS(=O)(=O)[C@H]2CC(=O)N12. The van der Waals surface area contributed by atoms with E-state index in [1.54, 1.807) is 0 Å². The molecule has 2 aliphatic heterocycles. The van der Waals surface area contributed by atoms with Gasteiger partial charge in [-0.05, 0) is 16.7 Å². The lowest BCUT2D eigenvalue weighted by Crippen LogP contribution is -2.60. The van der Waals surface area contributed by atoms with Crippen LogP contribution in [-0.2, 0) is 24.2 Å². The molecule has 1 amide bonds. The van der Waals surface area contributed by atoms with Crippen LogP contribution in [0.5, 0.6) is 0 Å². The lowest BCUT2D eigenvalue weighted by Gasteiger charge is -2.44. The molecule has 0 saturated carbocycles. The number of nitrogens with zero attached hydrogens (tertiary/aromatic N) is 1. The van der Waals surface area contributed by atoms with Gasteiger partial charge in [-0.2, -0.15) is 0 Å². The number of hydrogen-bond donors (Lipinski definition) is 0. The first-order chi connectivity index (χ1) is 13.9. The molecule has 0 bridgehead atoms. The average Bonchev–Trinajstić information content (AvgIpc) is 2.73. The summed E-state index contributed by atoms with van der Waals surface area (Å²) in [6, 6.07) is 18.6. The maximum absolute atomic E-state index is 13.2. The van der Waals surface area contributed by atoms with Gasteiger partial charge in [0.15, 0.2) is 15.9 Å². The Labute approximate surface area is 177 Å². The number of alkyl halides is 1. The molecule has 1 atom stereocenters. The van der Waals surface area contributed by atoms with Crippen molar-refractivity contribution in [2.24, 2.45) is 0 Å². The highest BCUT2D eigenvalue weighted by atomic mass is 79.9. The van der Waals surface area contributed by atoms with Crippen molar-refractivity contribution in [3.05, 3.63) is 83.1 Å². The van der Waals surface area contributed by atoms with E-state index in [1.165, 1.54) is 0 Å². The zero-order valence-corrected chi connectivity index (χ0v) is 17.7. The molecule has 2 heterocycles. The smallest absolute Gasteiger partial charge is 0.356 e. The number of β-lactam (4-membered cyclic amide) rings is 1. The van der Waals surface area contributed by atoms with E-state index in [1.807, 2.05) is 60.7 Å². The molecule has 0 unspecified atom stereocenters. The number of amides is 1. The lowest BCUT2D eigenvalue weighted by molar-refractivity contribution is -0.152. The molecule has 8 heteroatoms. The van der Waals surface area contributed by atoms with Gasteiger partial charge in [-0.25, -0.2) is 13.2 Å². The van der Waals surface area contributed by atoms with Crippen LogP contribution < -0.4 is 0 Å². The third kappa shape index (κ3) is 3.62. The predicted molar refractivity (Wildman–Crippen MR) is 111 cm³/mol. The van der Waals surface area contributed by atoms with Gasteiger partial charge in [0.2, 0.25) is 5.91 Å².